The monoisotopic (exact) mass is 261 g/mol. The Morgan fingerprint density at radius 3 is 2.95 bits per heavy atom. The molecule has 2 heteroatoms. The predicted molar refractivity (Wildman–Crippen MR) is 80.3 cm³/mol. The Balaban J connectivity index is 1.99. The highest BCUT2D eigenvalue weighted by molar-refractivity contribution is 5.25. The first kappa shape index (κ1) is 14.5. The Morgan fingerprint density at radius 1 is 1.37 bits per heavy atom. The van der Waals surface area contributed by atoms with Gasteiger partial charge in [0.25, 0.3) is 0 Å². The van der Waals surface area contributed by atoms with Crippen molar-refractivity contribution in [2.24, 2.45) is 11.8 Å². The molecule has 0 radical (unpaired) electrons. The van der Waals surface area contributed by atoms with Crippen LogP contribution in [0.5, 0.6) is 0 Å². The number of hydrogen-bond donors (Lipinski definition) is 1. The van der Waals surface area contributed by atoms with Gasteiger partial charge in [0.2, 0.25) is 0 Å². The predicted octanol–water partition coefficient (Wildman–Crippen LogP) is 3.71. The largest absolute Gasteiger partial charge is 0.373 e. The van der Waals surface area contributed by atoms with Crippen LogP contribution in [0.1, 0.15) is 43.9 Å². The lowest BCUT2D eigenvalue weighted by atomic mass is 9.89. The molecule has 0 bridgehead atoms. The molecule has 1 saturated heterocycles. The number of rotatable bonds is 5. The molecule has 1 aliphatic heterocycles. The SMILES string of the molecule is Cc1cccc(C2OCCCC2CNCC(C)C)c1. The van der Waals surface area contributed by atoms with E-state index in [9.17, 15) is 0 Å². The molecular formula is C17H27NO. The summed E-state index contributed by atoms with van der Waals surface area (Å²) in [6, 6.07) is 8.77. The third kappa shape index (κ3) is 4.32. The molecule has 19 heavy (non-hydrogen) atoms. The normalized spacial score (nSPS) is 23.8. The van der Waals surface area contributed by atoms with E-state index in [0.29, 0.717) is 11.8 Å². The van der Waals surface area contributed by atoms with Gasteiger partial charge in [0.1, 0.15) is 0 Å². The summed E-state index contributed by atoms with van der Waals surface area (Å²) >= 11 is 0. The summed E-state index contributed by atoms with van der Waals surface area (Å²) in [5.74, 6) is 1.32. The van der Waals surface area contributed by atoms with E-state index < -0.39 is 0 Å². The van der Waals surface area contributed by atoms with Crippen molar-refractivity contribution in [3.05, 3.63) is 35.4 Å². The van der Waals surface area contributed by atoms with Crippen LogP contribution >= 0.6 is 0 Å². The Hall–Kier alpha value is -0.860. The van der Waals surface area contributed by atoms with E-state index in [1.54, 1.807) is 0 Å². The molecular weight excluding hydrogens is 234 g/mol. The summed E-state index contributed by atoms with van der Waals surface area (Å²) in [4.78, 5) is 0. The van der Waals surface area contributed by atoms with Crippen molar-refractivity contribution in [1.29, 1.82) is 0 Å². The van der Waals surface area contributed by atoms with Gasteiger partial charge in [-0.3, -0.25) is 0 Å². The molecule has 0 aliphatic carbocycles. The van der Waals surface area contributed by atoms with Gasteiger partial charge in [-0.05, 0) is 37.8 Å². The van der Waals surface area contributed by atoms with E-state index in [4.69, 9.17) is 4.74 Å². The molecule has 0 saturated carbocycles. The summed E-state index contributed by atoms with van der Waals surface area (Å²) in [7, 11) is 0. The summed E-state index contributed by atoms with van der Waals surface area (Å²) in [5, 5.41) is 3.59. The lowest BCUT2D eigenvalue weighted by Gasteiger charge is -2.32. The van der Waals surface area contributed by atoms with Crippen LogP contribution in [0, 0.1) is 18.8 Å². The van der Waals surface area contributed by atoms with Crippen LogP contribution in [0.15, 0.2) is 24.3 Å². The van der Waals surface area contributed by atoms with Crippen molar-refractivity contribution in [3.8, 4) is 0 Å². The molecule has 1 heterocycles. The lowest BCUT2D eigenvalue weighted by Crippen LogP contribution is -2.33. The highest BCUT2D eigenvalue weighted by atomic mass is 16.5. The van der Waals surface area contributed by atoms with Crippen LogP contribution < -0.4 is 5.32 Å². The van der Waals surface area contributed by atoms with Gasteiger partial charge in [-0.2, -0.15) is 0 Å². The van der Waals surface area contributed by atoms with Crippen LogP contribution in [-0.4, -0.2) is 19.7 Å². The first-order chi connectivity index (χ1) is 9.16. The Morgan fingerprint density at radius 2 is 2.21 bits per heavy atom. The third-order valence-electron chi connectivity index (χ3n) is 3.77. The number of benzene rings is 1. The molecule has 0 spiro atoms. The minimum atomic E-state index is 0.272. The van der Waals surface area contributed by atoms with Crippen LogP contribution in [0.2, 0.25) is 0 Å². The summed E-state index contributed by atoms with van der Waals surface area (Å²) < 4.78 is 6.05. The molecule has 1 N–H and O–H groups in total. The van der Waals surface area contributed by atoms with Gasteiger partial charge in [-0.15, -0.1) is 0 Å². The molecule has 1 aromatic rings. The maximum atomic E-state index is 6.05. The zero-order valence-electron chi connectivity index (χ0n) is 12.5. The fourth-order valence-corrected chi connectivity index (χ4v) is 2.83. The molecule has 1 aromatic carbocycles. The summed E-state index contributed by atoms with van der Waals surface area (Å²) in [6.45, 7) is 9.72. The zero-order valence-corrected chi connectivity index (χ0v) is 12.5. The van der Waals surface area contributed by atoms with Crippen molar-refractivity contribution >= 4 is 0 Å². The second-order valence-electron chi connectivity index (χ2n) is 6.16. The van der Waals surface area contributed by atoms with Gasteiger partial charge < -0.3 is 10.1 Å². The first-order valence-electron chi connectivity index (χ1n) is 7.55. The second-order valence-corrected chi connectivity index (χ2v) is 6.16. The van der Waals surface area contributed by atoms with Crippen LogP contribution in [0.3, 0.4) is 0 Å². The van der Waals surface area contributed by atoms with Gasteiger partial charge in [-0.25, -0.2) is 0 Å². The van der Waals surface area contributed by atoms with Crippen LogP contribution in [0.25, 0.3) is 0 Å². The summed E-state index contributed by atoms with van der Waals surface area (Å²) in [6.07, 6.45) is 2.73. The van der Waals surface area contributed by atoms with E-state index in [2.05, 4.69) is 50.4 Å². The third-order valence-corrected chi connectivity index (χ3v) is 3.77. The van der Waals surface area contributed by atoms with E-state index in [1.807, 2.05) is 0 Å². The molecule has 1 fully saturated rings. The van der Waals surface area contributed by atoms with E-state index >= 15 is 0 Å². The molecule has 2 nitrogen and oxygen atoms in total. The van der Waals surface area contributed by atoms with Gasteiger partial charge in [0.15, 0.2) is 0 Å². The quantitative estimate of drug-likeness (QED) is 0.872. The molecule has 1 aliphatic rings. The summed E-state index contributed by atoms with van der Waals surface area (Å²) in [5.41, 5.74) is 2.66. The zero-order chi connectivity index (χ0) is 13.7. The maximum Gasteiger partial charge on any atom is 0.0865 e. The number of ether oxygens (including phenoxy) is 1. The van der Waals surface area contributed by atoms with Crippen LogP contribution in [0.4, 0.5) is 0 Å². The highest BCUT2D eigenvalue weighted by Crippen LogP contribution is 2.33. The minimum Gasteiger partial charge on any atom is -0.373 e. The van der Waals surface area contributed by atoms with E-state index in [-0.39, 0.29) is 6.10 Å². The average molecular weight is 261 g/mol. The number of nitrogens with one attached hydrogen (secondary N) is 1. The van der Waals surface area contributed by atoms with Gasteiger partial charge in [0, 0.05) is 19.1 Å². The minimum absolute atomic E-state index is 0.272. The van der Waals surface area contributed by atoms with Crippen molar-refractivity contribution in [2.45, 2.75) is 39.7 Å². The smallest absolute Gasteiger partial charge is 0.0865 e. The van der Waals surface area contributed by atoms with Crippen molar-refractivity contribution in [1.82, 2.24) is 5.32 Å². The molecule has 2 unspecified atom stereocenters. The average Bonchev–Trinajstić information content (AvgIpc) is 2.39. The van der Waals surface area contributed by atoms with E-state index in [1.165, 1.54) is 24.0 Å². The van der Waals surface area contributed by atoms with Crippen molar-refractivity contribution < 1.29 is 4.74 Å². The molecule has 2 atom stereocenters. The number of aryl methyl sites for hydroxylation is 1. The van der Waals surface area contributed by atoms with Gasteiger partial charge in [0.05, 0.1) is 6.10 Å². The fourth-order valence-electron chi connectivity index (χ4n) is 2.83. The molecule has 0 aromatic heterocycles. The van der Waals surface area contributed by atoms with Crippen molar-refractivity contribution in [2.75, 3.05) is 19.7 Å². The standard InChI is InChI=1S/C17H27NO/c1-13(2)11-18-12-16-8-5-9-19-17(16)15-7-4-6-14(3)10-15/h4,6-7,10,13,16-18H,5,8-9,11-12H2,1-3H3. The topological polar surface area (TPSA) is 21.3 Å². The van der Waals surface area contributed by atoms with E-state index in [0.717, 1.165) is 19.7 Å². The van der Waals surface area contributed by atoms with Gasteiger partial charge >= 0.3 is 0 Å². The Kier molecular flexibility index (Phi) is 5.41. The van der Waals surface area contributed by atoms with Gasteiger partial charge in [-0.1, -0.05) is 43.7 Å². The van der Waals surface area contributed by atoms with Crippen molar-refractivity contribution in [3.63, 3.8) is 0 Å². The van der Waals surface area contributed by atoms with Crippen LogP contribution in [-0.2, 0) is 4.74 Å². The lowest BCUT2D eigenvalue weighted by molar-refractivity contribution is -0.0279. The second kappa shape index (κ2) is 7.06. The highest BCUT2D eigenvalue weighted by Gasteiger charge is 2.27. The first-order valence-corrected chi connectivity index (χ1v) is 7.55. The maximum absolute atomic E-state index is 6.05. The molecule has 0 amide bonds. The Bertz CT molecular complexity index is 389. The number of hydrogen-bond acceptors (Lipinski definition) is 2. The Labute approximate surface area is 117 Å². The molecule has 2 rings (SSSR count). The molecule has 106 valence electrons. The fraction of sp³-hybridized carbons (Fsp3) is 0.647.